The summed E-state index contributed by atoms with van der Waals surface area (Å²) in [6, 6.07) is 4.93. The molecule has 2 aliphatic heterocycles. The molecule has 0 saturated carbocycles. The predicted octanol–water partition coefficient (Wildman–Crippen LogP) is 2.30. The maximum Gasteiger partial charge on any atom is 0.411 e. The number of ether oxygens (including phenoxy) is 1. The molecule has 2 saturated heterocycles. The van der Waals surface area contributed by atoms with Gasteiger partial charge in [0.15, 0.2) is 0 Å². The smallest absolute Gasteiger partial charge is 0.411 e. The topological polar surface area (TPSA) is 89.8 Å². The zero-order valence-corrected chi connectivity index (χ0v) is 18.1. The second-order valence-corrected chi connectivity index (χ2v) is 9.38. The van der Waals surface area contributed by atoms with Gasteiger partial charge in [-0.05, 0) is 39.3 Å². The first-order valence-electron chi connectivity index (χ1n) is 9.65. The molecular weight excluding hydrogens is 390 g/mol. The van der Waals surface area contributed by atoms with Crippen LogP contribution in [0.15, 0.2) is 18.3 Å². The highest BCUT2D eigenvalue weighted by Crippen LogP contribution is 2.29. The number of likely N-dealkylation sites (tertiary alicyclic amines) is 1. The largest absolute Gasteiger partial charge is 0.444 e. The van der Waals surface area contributed by atoms with E-state index >= 15 is 0 Å². The van der Waals surface area contributed by atoms with Crippen LogP contribution < -0.4 is 4.90 Å². The van der Waals surface area contributed by atoms with Gasteiger partial charge in [0.2, 0.25) is 5.91 Å². The van der Waals surface area contributed by atoms with Gasteiger partial charge in [-0.2, -0.15) is 5.26 Å². The number of rotatable bonds is 3. The Kier molecular flexibility index (Phi) is 6.22. The van der Waals surface area contributed by atoms with Gasteiger partial charge in [0, 0.05) is 32.1 Å². The fourth-order valence-electron chi connectivity index (χ4n) is 3.50. The van der Waals surface area contributed by atoms with Crippen LogP contribution in [0.3, 0.4) is 0 Å². The van der Waals surface area contributed by atoms with Crippen LogP contribution in [0.2, 0.25) is 0 Å². The summed E-state index contributed by atoms with van der Waals surface area (Å²) < 4.78 is 5.57. The van der Waals surface area contributed by atoms with Crippen molar-refractivity contribution in [2.75, 3.05) is 36.7 Å². The third-order valence-electron chi connectivity index (χ3n) is 5.04. The van der Waals surface area contributed by atoms with E-state index in [2.05, 4.69) is 11.1 Å². The number of amides is 2. The predicted molar refractivity (Wildman–Crippen MR) is 112 cm³/mol. The Labute approximate surface area is 175 Å². The number of nitriles is 1. The molecular formula is C20H27N5O3S. The number of pyridine rings is 1. The molecule has 0 spiro atoms. The summed E-state index contributed by atoms with van der Waals surface area (Å²) in [5, 5.41) is 8.96. The Hall–Kier alpha value is -2.47. The molecule has 2 fully saturated rings. The molecule has 0 aromatic carbocycles. The molecule has 1 aromatic rings. The molecule has 2 aliphatic rings. The van der Waals surface area contributed by atoms with Crippen LogP contribution in [-0.2, 0) is 9.53 Å². The van der Waals surface area contributed by atoms with E-state index in [0.29, 0.717) is 36.8 Å². The molecule has 3 heterocycles. The van der Waals surface area contributed by atoms with Crippen molar-refractivity contribution in [2.45, 2.75) is 44.9 Å². The number of hydrogen-bond acceptors (Lipinski definition) is 7. The standard InChI is InChI=1S/C20H27N5O3S/c1-20(2,3)28-19(27)25-12-15(9-16(25)18(26)24-7-8-29-13-24)23(4)17-6-5-14(10-21)11-22-17/h5-6,11,15-16H,7-9,12-13H2,1-4H3/t15-,16-/m0/s1. The second-order valence-electron chi connectivity index (χ2n) is 8.30. The SMILES string of the molecule is CN(c1ccc(C#N)cn1)[C@H]1C[C@@H](C(=O)N2CCSC2)N(C(=O)OC(C)(C)C)C1. The average molecular weight is 418 g/mol. The van der Waals surface area contributed by atoms with Gasteiger partial charge in [0.05, 0.1) is 17.5 Å². The van der Waals surface area contributed by atoms with Gasteiger partial charge in [-0.15, -0.1) is 11.8 Å². The van der Waals surface area contributed by atoms with Gasteiger partial charge >= 0.3 is 6.09 Å². The lowest BCUT2D eigenvalue weighted by molar-refractivity contribution is -0.134. The molecule has 2 atom stereocenters. The number of thioether (sulfide) groups is 1. The van der Waals surface area contributed by atoms with Crippen molar-refractivity contribution >= 4 is 29.6 Å². The molecule has 0 bridgehead atoms. The van der Waals surface area contributed by atoms with E-state index in [0.717, 1.165) is 5.75 Å². The third-order valence-corrected chi connectivity index (χ3v) is 6.01. The van der Waals surface area contributed by atoms with Crippen molar-refractivity contribution in [1.82, 2.24) is 14.8 Å². The maximum absolute atomic E-state index is 13.1. The number of nitrogens with zero attached hydrogens (tertiary/aromatic N) is 5. The Morgan fingerprint density at radius 1 is 1.38 bits per heavy atom. The average Bonchev–Trinajstić information content (AvgIpc) is 3.35. The summed E-state index contributed by atoms with van der Waals surface area (Å²) in [6.45, 7) is 6.54. The Balaban J connectivity index is 1.80. The maximum atomic E-state index is 13.1. The van der Waals surface area contributed by atoms with Crippen LogP contribution in [0, 0.1) is 11.3 Å². The van der Waals surface area contributed by atoms with E-state index in [4.69, 9.17) is 10.00 Å². The monoisotopic (exact) mass is 417 g/mol. The van der Waals surface area contributed by atoms with Gasteiger partial charge in [-0.25, -0.2) is 9.78 Å². The normalized spacial score (nSPS) is 21.8. The van der Waals surface area contributed by atoms with E-state index in [1.165, 1.54) is 6.20 Å². The Morgan fingerprint density at radius 2 is 2.14 bits per heavy atom. The summed E-state index contributed by atoms with van der Waals surface area (Å²) in [6.07, 6.45) is 1.57. The summed E-state index contributed by atoms with van der Waals surface area (Å²) in [5.41, 5.74) is -0.143. The molecule has 29 heavy (non-hydrogen) atoms. The van der Waals surface area contributed by atoms with Crippen LogP contribution in [-0.4, -0.2) is 76.2 Å². The minimum absolute atomic E-state index is 0.0236. The summed E-state index contributed by atoms with van der Waals surface area (Å²) in [5.74, 6) is 2.26. The number of anilines is 1. The van der Waals surface area contributed by atoms with Crippen molar-refractivity contribution in [1.29, 1.82) is 5.26 Å². The molecule has 0 radical (unpaired) electrons. The van der Waals surface area contributed by atoms with E-state index in [1.807, 2.05) is 37.6 Å². The van der Waals surface area contributed by atoms with Crippen LogP contribution >= 0.6 is 11.8 Å². The summed E-state index contributed by atoms with van der Waals surface area (Å²) in [7, 11) is 1.89. The van der Waals surface area contributed by atoms with Gasteiger partial charge in [-0.3, -0.25) is 9.69 Å². The van der Waals surface area contributed by atoms with Crippen molar-refractivity contribution in [3.63, 3.8) is 0 Å². The number of carbonyl (C=O) groups is 2. The first kappa shape index (κ1) is 21.2. The van der Waals surface area contributed by atoms with Crippen molar-refractivity contribution in [3.05, 3.63) is 23.9 Å². The number of hydrogen-bond donors (Lipinski definition) is 0. The fraction of sp³-hybridized carbons (Fsp3) is 0.600. The first-order chi connectivity index (χ1) is 13.7. The van der Waals surface area contributed by atoms with E-state index < -0.39 is 17.7 Å². The van der Waals surface area contributed by atoms with Gasteiger partial charge < -0.3 is 14.5 Å². The molecule has 156 valence electrons. The van der Waals surface area contributed by atoms with Crippen LogP contribution in [0.5, 0.6) is 0 Å². The third kappa shape index (κ3) is 4.93. The van der Waals surface area contributed by atoms with E-state index in [1.54, 1.807) is 28.8 Å². The number of aromatic nitrogens is 1. The van der Waals surface area contributed by atoms with Crippen molar-refractivity contribution in [3.8, 4) is 6.07 Å². The summed E-state index contributed by atoms with van der Waals surface area (Å²) in [4.78, 5) is 35.6. The quantitative estimate of drug-likeness (QED) is 0.745. The lowest BCUT2D eigenvalue weighted by Gasteiger charge is -2.30. The highest BCUT2D eigenvalue weighted by Gasteiger charge is 2.44. The highest BCUT2D eigenvalue weighted by molar-refractivity contribution is 7.99. The lowest BCUT2D eigenvalue weighted by atomic mass is 10.1. The van der Waals surface area contributed by atoms with Gasteiger partial charge in [0.1, 0.15) is 23.5 Å². The van der Waals surface area contributed by atoms with Gasteiger partial charge in [0.25, 0.3) is 0 Å². The molecule has 0 N–H and O–H groups in total. The molecule has 3 rings (SSSR count). The van der Waals surface area contributed by atoms with Crippen LogP contribution in [0.1, 0.15) is 32.8 Å². The molecule has 8 nitrogen and oxygen atoms in total. The number of carbonyl (C=O) groups excluding carboxylic acids is 2. The van der Waals surface area contributed by atoms with Crippen LogP contribution in [0.4, 0.5) is 10.6 Å². The molecule has 0 unspecified atom stereocenters. The molecule has 1 aromatic heterocycles. The molecule has 0 aliphatic carbocycles. The zero-order chi connectivity index (χ0) is 21.2. The van der Waals surface area contributed by atoms with E-state index in [-0.39, 0.29) is 11.9 Å². The minimum Gasteiger partial charge on any atom is -0.444 e. The fourth-order valence-corrected chi connectivity index (χ4v) is 4.45. The van der Waals surface area contributed by atoms with Gasteiger partial charge in [-0.1, -0.05) is 0 Å². The minimum atomic E-state index is -0.632. The van der Waals surface area contributed by atoms with Crippen LogP contribution in [0.25, 0.3) is 0 Å². The first-order valence-corrected chi connectivity index (χ1v) is 10.8. The van der Waals surface area contributed by atoms with Crippen molar-refractivity contribution < 1.29 is 14.3 Å². The van der Waals surface area contributed by atoms with Crippen molar-refractivity contribution in [2.24, 2.45) is 0 Å². The zero-order valence-electron chi connectivity index (χ0n) is 17.3. The van der Waals surface area contributed by atoms with E-state index in [9.17, 15) is 9.59 Å². The Morgan fingerprint density at radius 3 is 2.69 bits per heavy atom. The lowest BCUT2D eigenvalue weighted by Crippen LogP contribution is -2.48. The summed E-state index contributed by atoms with van der Waals surface area (Å²) >= 11 is 1.72. The molecule has 2 amide bonds. The Bertz CT molecular complexity index is 796. The molecule has 9 heteroatoms. The number of likely N-dealkylation sites (N-methyl/N-ethyl adjacent to an activating group) is 1. The second kappa shape index (κ2) is 8.49. The highest BCUT2D eigenvalue weighted by atomic mass is 32.2.